The standard InChI is InChI=1S/C46H78O7S.Na/c1-3-5-7-9-11-13-15-17-19-21-23-25-27-29-31-33-35-40-52-45(47)42-38-37-39-43(54(49,50)51)44(42)46(48)53-41-36-34-32-30-28-26-24-22-20-18-16-14-12-10-8-6-4-2;/h29-32,37-39H,3-28,33-36,40-41H2,1-2H3,(H,49,50,51);/q;+1/p-1/b31-29+,32-30+;. The van der Waals surface area contributed by atoms with Crippen molar-refractivity contribution in [3.63, 3.8) is 0 Å². The second-order valence-corrected chi connectivity index (χ2v) is 16.3. The fourth-order valence-corrected chi connectivity index (χ4v) is 7.37. The third-order valence-electron chi connectivity index (χ3n) is 10.00. The van der Waals surface area contributed by atoms with E-state index in [4.69, 9.17) is 9.47 Å². The summed E-state index contributed by atoms with van der Waals surface area (Å²) >= 11 is 0. The van der Waals surface area contributed by atoms with Crippen LogP contribution in [0, 0.1) is 0 Å². The van der Waals surface area contributed by atoms with E-state index in [9.17, 15) is 22.6 Å². The van der Waals surface area contributed by atoms with E-state index < -0.39 is 32.5 Å². The summed E-state index contributed by atoms with van der Waals surface area (Å²) in [7, 11) is -5.03. The van der Waals surface area contributed by atoms with Gasteiger partial charge in [-0.1, -0.05) is 185 Å². The van der Waals surface area contributed by atoms with Crippen LogP contribution in [0.25, 0.3) is 0 Å². The van der Waals surface area contributed by atoms with E-state index in [0.29, 0.717) is 19.3 Å². The fraction of sp³-hybridized carbons (Fsp3) is 0.739. The number of hydrogen-bond acceptors (Lipinski definition) is 7. The first-order valence-electron chi connectivity index (χ1n) is 22.1. The zero-order valence-electron chi connectivity index (χ0n) is 35.4. The average molecular weight is 797 g/mol. The maximum Gasteiger partial charge on any atom is 1.00 e. The summed E-state index contributed by atoms with van der Waals surface area (Å²) in [6.45, 7) is 4.66. The monoisotopic (exact) mass is 797 g/mol. The molecule has 7 nitrogen and oxygen atoms in total. The predicted octanol–water partition coefficient (Wildman–Crippen LogP) is 10.8. The molecule has 310 valence electrons. The van der Waals surface area contributed by atoms with Gasteiger partial charge >= 0.3 is 41.5 Å². The maximum absolute atomic E-state index is 13.0. The minimum absolute atomic E-state index is 0. The molecule has 0 radical (unpaired) electrons. The van der Waals surface area contributed by atoms with E-state index in [1.807, 2.05) is 0 Å². The second-order valence-electron chi connectivity index (χ2n) is 15.0. The van der Waals surface area contributed by atoms with Crippen LogP contribution in [-0.4, -0.2) is 38.1 Å². The van der Waals surface area contributed by atoms with Crippen LogP contribution in [0.5, 0.6) is 0 Å². The van der Waals surface area contributed by atoms with Crippen molar-refractivity contribution in [3.05, 3.63) is 53.6 Å². The Labute approximate surface area is 359 Å². The van der Waals surface area contributed by atoms with Crippen molar-refractivity contribution in [2.45, 2.75) is 211 Å². The Morgan fingerprint density at radius 3 is 1.20 bits per heavy atom. The number of unbranched alkanes of at least 4 members (excludes halogenated alkanes) is 26. The number of rotatable bonds is 37. The number of ether oxygens (including phenoxy) is 2. The molecule has 0 heterocycles. The summed E-state index contributed by atoms with van der Waals surface area (Å²) in [6, 6.07) is 3.58. The number of benzene rings is 1. The van der Waals surface area contributed by atoms with E-state index in [1.54, 1.807) is 0 Å². The smallest absolute Gasteiger partial charge is 0.744 e. The summed E-state index contributed by atoms with van der Waals surface area (Å²) in [6.07, 6.45) is 45.0. The van der Waals surface area contributed by atoms with Gasteiger partial charge in [0.2, 0.25) is 0 Å². The van der Waals surface area contributed by atoms with Gasteiger partial charge in [-0.3, -0.25) is 0 Å². The normalized spacial score (nSPS) is 11.7. The molecule has 0 aromatic heterocycles. The Bertz CT molecular complexity index is 1240. The van der Waals surface area contributed by atoms with Crippen molar-refractivity contribution in [2.24, 2.45) is 0 Å². The van der Waals surface area contributed by atoms with Gasteiger partial charge in [0.25, 0.3) is 0 Å². The molecule has 9 heteroatoms. The molecule has 1 rings (SSSR count). The number of carbonyl (C=O) groups excluding carboxylic acids is 2. The molecule has 0 atom stereocenters. The summed E-state index contributed by atoms with van der Waals surface area (Å²) in [5.41, 5.74) is -0.830. The Morgan fingerprint density at radius 1 is 0.509 bits per heavy atom. The first kappa shape index (κ1) is 53.6. The Hall–Kier alpha value is -1.45. The summed E-state index contributed by atoms with van der Waals surface area (Å²) in [5.74, 6) is -1.87. The maximum atomic E-state index is 13.0. The first-order valence-corrected chi connectivity index (χ1v) is 23.5. The molecular weight excluding hydrogens is 720 g/mol. The SMILES string of the molecule is CCCCCCCCCCCCCC/C=C/CCCOC(=O)c1cccc(S(=O)(=O)[O-])c1C(=O)OCCC/C=C/CCCCCCCCCCCCCC.[Na+]. The quantitative estimate of drug-likeness (QED) is 0.0217. The van der Waals surface area contributed by atoms with Crippen LogP contribution in [0.4, 0.5) is 0 Å². The van der Waals surface area contributed by atoms with Crippen molar-refractivity contribution >= 4 is 22.1 Å². The molecule has 0 N–H and O–H groups in total. The Kier molecular flexibility index (Phi) is 37.1. The minimum Gasteiger partial charge on any atom is -0.744 e. The van der Waals surface area contributed by atoms with Gasteiger partial charge in [-0.05, 0) is 63.5 Å². The minimum atomic E-state index is -5.03. The average Bonchev–Trinajstić information content (AvgIpc) is 3.16. The van der Waals surface area contributed by atoms with Gasteiger partial charge in [0.15, 0.2) is 0 Å². The molecule has 55 heavy (non-hydrogen) atoms. The van der Waals surface area contributed by atoms with Gasteiger partial charge in [-0.15, -0.1) is 0 Å². The van der Waals surface area contributed by atoms with Crippen molar-refractivity contribution in [3.8, 4) is 0 Å². The molecule has 0 unspecified atom stereocenters. The molecule has 0 aliphatic rings. The zero-order chi connectivity index (χ0) is 39.4. The van der Waals surface area contributed by atoms with Crippen LogP contribution in [0.15, 0.2) is 47.4 Å². The van der Waals surface area contributed by atoms with Crippen LogP contribution < -0.4 is 29.6 Å². The molecule has 0 bridgehead atoms. The van der Waals surface area contributed by atoms with Crippen molar-refractivity contribution in [2.75, 3.05) is 13.2 Å². The molecule has 1 aromatic carbocycles. The van der Waals surface area contributed by atoms with Gasteiger partial charge in [0.05, 0.1) is 29.2 Å². The van der Waals surface area contributed by atoms with E-state index in [0.717, 1.165) is 31.7 Å². The second kappa shape index (κ2) is 38.1. The van der Waals surface area contributed by atoms with Crippen molar-refractivity contribution < 1.29 is 61.6 Å². The van der Waals surface area contributed by atoms with Crippen LogP contribution in [0.2, 0.25) is 0 Å². The number of hydrogen-bond donors (Lipinski definition) is 0. The zero-order valence-corrected chi connectivity index (χ0v) is 38.3. The van der Waals surface area contributed by atoms with Crippen LogP contribution in [-0.2, 0) is 19.6 Å². The van der Waals surface area contributed by atoms with E-state index in [-0.39, 0.29) is 48.3 Å². The summed E-state index contributed by atoms with van der Waals surface area (Å²) in [4.78, 5) is 25.1. The molecule has 0 amide bonds. The fourth-order valence-electron chi connectivity index (χ4n) is 6.68. The van der Waals surface area contributed by atoms with E-state index in [2.05, 4.69) is 38.2 Å². The van der Waals surface area contributed by atoms with Gasteiger partial charge in [0, 0.05) is 0 Å². The number of carbonyl (C=O) groups is 2. The Balaban J connectivity index is 0.0000292. The molecule has 0 aliphatic carbocycles. The Morgan fingerprint density at radius 2 is 0.836 bits per heavy atom. The first-order chi connectivity index (χ1) is 26.3. The van der Waals surface area contributed by atoms with Gasteiger partial charge in [-0.25, -0.2) is 18.0 Å². The predicted molar refractivity (Wildman–Crippen MR) is 223 cm³/mol. The van der Waals surface area contributed by atoms with Gasteiger partial charge < -0.3 is 14.0 Å². The molecule has 0 aliphatic heterocycles. The van der Waals surface area contributed by atoms with Gasteiger partial charge in [0.1, 0.15) is 10.1 Å². The topological polar surface area (TPSA) is 110 Å². The molecule has 0 fully saturated rings. The van der Waals surface area contributed by atoms with Crippen LogP contribution in [0.1, 0.15) is 227 Å². The van der Waals surface area contributed by atoms with Crippen LogP contribution >= 0.6 is 0 Å². The molecule has 0 saturated heterocycles. The van der Waals surface area contributed by atoms with Crippen molar-refractivity contribution in [1.82, 2.24) is 0 Å². The molecular formula is C46H77NaO7S. The number of esters is 2. The third kappa shape index (κ3) is 30.3. The summed E-state index contributed by atoms with van der Waals surface area (Å²) < 4.78 is 46.6. The summed E-state index contributed by atoms with van der Waals surface area (Å²) in [5, 5.41) is 0. The largest absolute Gasteiger partial charge is 1.00 e. The van der Waals surface area contributed by atoms with E-state index in [1.165, 1.54) is 160 Å². The molecule has 0 saturated carbocycles. The van der Waals surface area contributed by atoms with E-state index >= 15 is 0 Å². The number of allylic oxidation sites excluding steroid dienone is 4. The van der Waals surface area contributed by atoms with Crippen molar-refractivity contribution in [1.29, 1.82) is 0 Å². The van der Waals surface area contributed by atoms with Gasteiger partial charge in [-0.2, -0.15) is 0 Å². The molecule has 0 spiro atoms. The third-order valence-corrected chi connectivity index (χ3v) is 10.9. The molecule has 1 aromatic rings. The van der Waals surface area contributed by atoms with Crippen LogP contribution in [0.3, 0.4) is 0 Å².